The summed E-state index contributed by atoms with van der Waals surface area (Å²) in [6, 6.07) is 11.4. The van der Waals surface area contributed by atoms with Gasteiger partial charge in [0.25, 0.3) is 0 Å². The van der Waals surface area contributed by atoms with E-state index in [1.54, 1.807) is 7.11 Å². The monoisotopic (exact) mass is 396 g/mol. The lowest BCUT2D eigenvalue weighted by atomic mass is 10.0. The highest BCUT2D eigenvalue weighted by Gasteiger charge is 2.12. The highest BCUT2D eigenvalue weighted by Crippen LogP contribution is 2.24. The van der Waals surface area contributed by atoms with E-state index in [2.05, 4.69) is 31.9 Å². The third kappa shape index (κ3) is 3.70. The van der Waals surface area contributed by atoms with Crippen molar-refractivity contribution < 1.29 is 9.53 Å². The first-order chi connectivity index (χ1) is 9.49. The van der Waals surface area contributed by atoms with Crippen molar-refractivity contribution in [3.8, 4) is 5.75 Å². The maximum Gasteiger partial charge on any atom is 0.167 e. The van der Waals surface area contributed by atoms with Gasteiger partial charge in [-0.1, -0.05) is 49.6 Å². The molecule has 4 heteroatoms. The van der Waals surface area contributed by atoms with Crippen molar-refractivity contribution in [1.82, 2.24) is 0 Å². The van der Waals surface area contributed by atoms with E-state index in [-0.39, 0.29) is 5.78 Å². The van der Waals surface area contributed by atoms with Crippen LogP contribution in [0.3, 0.4) is 0 Å². The zero-order chi connectivity index (χ0) is 14.7. The predicted molar refractivity (Wildman–Crippen MR) is 87.6 cm³/mol. The van der Waals surface area contributed by atoms with Crippen molar-refractivity contribution in [2.75, 3.05) is 7.11 Å². The van der Waals surface area contributed by atoms with Crippen LogP contribution in [0.2, 0.25) is 0 Å². The molecule has 2 nitrogen and oxygen atoms in total. The summed E-state index contributed by atoms with van der Waals surface area (Å²) in [5, 5.41) is 0. The minimum Gasteiger partial charge on any atom is -0.496 e. The van der Waals surface area contributed by atoms with Crippen LogP contribution < -0.4 is 4.74 Å². The Balaban J connectivity index is 2.29. The fourth-order valence-electron chi connectivity index (χ4n) is 2.04. The summed E-state index contributed by atoms with van der Waals surface area (Å²) in [5.41, 5.74) is 2.70. The molecular formula is C16H14Br2O2. The van der Waals surface area contributed by atoms with E-state index in [0.717, 1.165) is 25.8 Å². The minimum absolute atomic E-state index is 0.0656. The Hall–Kier alpha value is -1.13. The number of hydrogen-bond acceptors (Lipinski definition) is 2. The summed E-state index contributed by atoms with van der Waals surface area (Å²) >= 11 is 6.80. The molecule has 0 amide bonds. The van der Waals surface area contributed by atoms with Gasteiger partial charge in [-0.2, -0.15) is 0 Å². The van der Waals surface area contributed by atoms with Crippen LogP contribution in [0.15, 0.2) is 45.3 Å². The summed E-state index contributed by atoms with van der Waals surface area (Å²) in [5.74, 6) is 0.814. The molecule has 0 heterocycles. The van der Waals surface area contributed by atoms with Crippen molar-refractivity contribution in [3.63, 3.8) is 0 Å². The number of ether oxygens (including phenoxy) is 1. The van der Waals surface area contributed by atoms with Crippen molar-refractivity contribution in [2.24, 2.45) is 0 Å². The normalized spacial score (nSPS) is 10.4. The van der Waals surface area contributed by atoms with Gasteiger partial charge in [0.1, 0.15) is 5.75 Å². The maximum absolute atomic E-state index is 12.4. The standard InChI is InChI=1S/C16H14Br2O2/c1-10-3-4-16(20-2)12(5-10)8-15(19)11-6-13(17)9-14(18)7-11/h3-7,9H,8H2,1-2H3. The minimum atomic E-state index is 0.0656. The number of methoxy groups -OCH3 is 1. The van der Waals surface area contributed by atoms with Crippen molar-refractivity contribution in [2.45, 2.75) is 13.3 Å². The van der Waals surface area contributed by atoms with Crippen molar-refractivity contribution in [3.05, 3.63) is 62.0 Å². The summed E-state index contributed by atoms with van der Waals surface area (Å²) in [4.78, 5) is 12.4. The lowest BCUT2D eigenvalue weighted by molar-refractivity contribution is 0.0992. The molecule has 0 atom stereocenters. The Kier molecular flexibility index (Phi) is 5.00. The lowest BCUT2D eigenvalue weighted by Crippen LogP contribution is -2.05. The molecule has 0 unspecified atom stereocenters. The van der Waals surface area contributed by atoms with Gasteiger partial charge < -0.3 is 4.74 Å². The van der Waals surface area contributed by atoms with Gasteiger partial charge in [-0.3, -0.25) is 4.79 Å². The maximum atomic E-state index is 12.4. The van der Waals surface area contributed by atoms with E-state index in [1.807, 2.05) is 43.3 Å². The number of benzene rings is 2. The average Bonchev–Trinajstić information content (AvgIpc) is 2.37. The van der Waals surface area contributed by atoms with Gasteiger partial charge in [-0.05, 0) is 31.2 Å². The summed E-state index contributed by atoms with van der Waals surface area (Å²) in [6.45, 7) is 2.00. The molecule has 0 bridgehead atoms. The Morgan fingerprint density at radius 2 is 1.75 bits per heavy atom. The molecule has 0 spiro atoms. The molecule has 0 aliphatic rings. The quantitative estimate of drug-likeness (QED) is 0.682. The number of hydrogen-bond donors (Lipinski definition) is 0. The second-order valence-electron chi connectivity index (χ2n) is 4.57. The van der Waals surface area contributed by atoms with E-state index in [1.165, 1.54) is 0 Å². The highest BCUT2D eigenvalue weighted by molar-refractivity contribution is 9.11. The molecule has 0 N–H and O–H groups in total. The first-order valence-electron chi connectivity index (χ1n) is 6.12. The largest absolute Gasteiger partial charge is 0.496 e. The van der Waals surface area contributed by atoms with Crippen LogP contribution in [0, 0.1) is 6.92 Å². The molecule has 0 fully saturated rings. The van der Waals surface area contributed by atoms with Crippen LogP contribution in [0.5, 0.6) is 5.75 Å². The van der Waals surface area contributed by atoms with Gasteiger partial charge in [0, 0.05) is 26.5 Å². The summed E-state index contributed by atoms with van der Waals surface area (Å²) in [7, 11) is 1.62. The Morgan fingerprint density at radius 1 is 1.10 bits per heavy atom. The van der Waals surface area contributed by atoms with Gasteiger partial charge >= 0.3 is 0 Å². The molecule has 0 aliphatic heterocycles. The van der Waals surface area contributed by atoms with Crippen LogP contribution in [-0.2, 0) is 6.42 Å². The van der Waals surface area contributed by atoms with Crippen LogP contribution >= 0.6 is 31.9 Å². The number of ketones is 1. The van der Waals surface area contributed by atoms with Crippen LogP contribution in [0.25, 0.3) is 0 Å². The van der Waals surface area contributed by atoms with Gasteiger partial charge in [-0.25, -0.2) is 0 Å². The first kappa shape index (κ1) is 15.3. The SMILES string of the molecule is COc1ccc(C)cc1CC(=O)c1cc(Br)cc(Br)c1. The first-order valence-corrected chi connectivity index (χ1v) is 7.71. The molecule has 2 rings (SSSR count). The lowest BCUT2D eigenvalue weighted by Gasteiger charge is -2.09. The third-order valence-corrected chi connectivity index (χ3v) is 3.89. The van der Waals surface area contributed by atoms with Gasteiger partial charge in [-0.15, -0.1) is 0 Å². The molecule has 104 valence electrons. The second-order valence-corrected chi connectivity index (χ2v) is 6.40. The third-order valence-electron chi connectivity index (χ3n) is 2.97. The van der Waals surface area contributed by atoms with E-state index in [9.17, 15) is 4.79 Å². The van der Waals surface area contributed by atoms with Crippen LogP contribution in [-0.4, -0.2) is 12.9 Å². The van der Waals surface area contributed by atoms with Crippen LogP contribution in [0.1, 0.15) is 21.5 Å². The Morgan fingerprint density at radius 3 is 2.35 bits per heavy atom. The number of aryl methyl sites for hydroxylation is 1. The molecule has 0 saturated carbocycles. The number of halogens is 2. The van der Waals surface area contributed by atoms with E-state index in [0.29, 0.717) is 12.0 Å². The highest BCUT2D eigenvalue weighted by atomic mass is 79.9. The smallest absolute Gasteiger partial charge is 0.167 e. The van der Waals surface area contributed by atoms with Crippen molar-refractivity contribution in [1.29, 1.82) is 0 Å². The van der Waals surface area contributed by atoms with E-state index < -0.39 is 0 Å². The second kappa shape index (κ2) is 6.55. The van der Waals surface area contributed by atoms with Crippen LogP contribution in [0.4, 0.5) is 0 Å². The Bertz CT molecular complexity index is 631. The molecule has 0 aliphatic carbocycles. The topological polar surface area (TPSA) is 26.3 Å². The zero-order valence-electron chi connectivity index (χ0n) is 11.2. The van der Waals surface area contributed by atoms with Gasteiger partial charge in [0.15, 0.2) is 5.78 Å². The fraction of sp³-hybridized carbons (Fsp3) is 0.188. The molecule has 0 aromatic heterocycles. The molecule has 2 aromatic carbocycles. The summed E-state index contributed by atoms with van der Waals surface area (Å²) < 4.78 is 7.08. The van der Waals surface area contributed by atoms with Gasteiger partial charge in [0.05, 0.1) is 7.11 Å². The fourth-order valence-corrected chi connectivity index (χ4v) is 3.33. The van der Waals surface area contributed by atoms with Gasteiger partial charge in [0.2, 0.25) is 0 Å². The number of carbonyl (C=O) groups is 1. The summed E-state index contributed by atoms with van der Waals surface area (Å²) in [6.07, 6.45) is 0.327. The van der Waals surface area contributed by atoms with Crippen molar-refractivity contribution >= 4 is 37.6 Å². The number of carbonyl (C=O) groups excluding carboxylic acids is 1. The molecule has 2 aromatic rings. The Labute approximate surface area is 135 Å². The molecule has 0 saturated heterocycles. The number of Topliss-reactive ketones (excluding diaryl/α,β-unsaturated/α-hetero) is 1. The molecule has 20 heavy (non-hydrogen) atoms. The van der Waals surface area contributed by atoms with E-state index >= 15 is 0 Å². The molecular weight excluding hydrogens is 384 g/mol. The van der Waals surface area contributed by atoms with E-state index in [4.69, 9.17) is 4.74 Å². The predicted octanol–water partition coefficient (Wildman–Crippen LogP) is 4.95. The average molecular weight is 398 g/mol. The zero-order valence-corrected chi connectivity index (χ0v) is 14.4. The number of rotatable bonds is 4. The molecule has 0 radical (unpaired) electrons.